The van der Waals surface area contributed by atoms with E-state index in [9.17, 15) is 20.0 Å². The second-order valence-corrected chi connectivity index (χ2v) is 5.01. The molecule has 0 aliphatic rings. The van der Waals surface area contributed by atoms with Crippen LogP contribution < -0.4 is 4.74 Å². The fourth-order valence-electron chi connectivity index (χ4n) is 1.40. The number of nitro groups is 1. The summed E-state index contributed by atoms with van der Waals surface area (Å²) in [4.78, 5) is 21.2. The summed E-state index contributed by atoms with van der Waals surface area (Å²) >= 11 is 0. The molecule has 0 saturated carbocycles. The molecule has 110 valence electrons. The second-order valence-electron chi connectivity index (χ2n) is 5.01. The van der Waals surface area contributed by atoms with Gasteiger partial charge in [0, 0.05) is 6.07 Å². The first-order valence-electron chi connectivity index (χ1n) is 6.02. The number of carbonyl (C=O) groups is 1. The lowest BCUT2D eigenvalue weighted by Gasteiger charge is -2.27. The minimum absolute atomic E-state index is 0.116. The Morgan fingerprint density at radius 1 is 1.50 bits per heavy atom. The summed E-state index contributed by atoms with van der Waals surface area (Å²) in [6.07, 6.45) is 0. The Bertz CT molecular complexity index is 524. The van der Waals surface area contributed by atoms with Gasteiger partial charge in [-0.1, -0.05) is 19.9 Å². The van der Waals surface area contributed by atoms with Crippen LogP contribution in [0.5, 0.6) is 5.75 Å². The van der Waals surface area contributed by atoms with Gasteiger partial charge < -0.3 is 14.9 Å². The van der Waals surface area contributed by atoms with Crippen molar-refractivity contribution < 1.29 is 24.7 Å². The molecule has 20 heavy (non-hydrogen) atoms. The first-order valence-corrected chi connectivity index (χ1v) is 6.02. The minimum Gasteiger partial charge on any atom is -0.489 e. The van der Waals surface area contributed by atoms with Crippen molar-refractivity contribution in [3.05, 3.63) is 33.9 Å². The third kappa shape index (κ3) is 3.45. The third-order valence-corrected chi connectivity index (χ3v) is 3.18. The summed E-state index contributed by atoms with van der Waals surface area (Å²) in [6.45, 7) is 4.96. The van der Waals surface area contributed by atoms with Crippen LogP contribution in [0.1, 0.15) is 31.1 Å². The number of carboxylic acid groups (broad SMARTS) is 1. The van der Waals surface area contributed by atoms with Crippen molar-refractivity contribution in [3.8, 4) is 5.75 Å². The van der Waals surface area contributed by atoms with Crippen LogP contribution in [-0.2, 0) is 0 Å². The molecule has 1 aromatic carbocycles. The number of rotatable bonds is 6. The molecule has 1 rings (SSSR count). The van der Waals surface area contributed by atoms with Crippen LogP contribution in [-0.4, -0.2) is 33.3 Å². The van der Waals surface area contributed by atoms with E-state index in [0.717, 1.165) is 6.07 Å². The van der Waals surface area contributed by atoms with Crippen molar-refractivity contribution in [2.45, 2.75) is 26.4 Å². The standard InChI is InChI=1S/C13H17NO6/c1-8(2)13(3,17)7-20-10-6-4-5-9(14(18)19)11(10)12(15)16/h4-6,8,17H,7H2,1-3H3,(H,15,16). The Balaban J connectivity index is 3.10. The van der Waals surface area contributed by atoms with Gasteiger partial charge in [-0.25, -0.2) is 4.79 Å². The Hall–Kier alpha value is -2.15. The molecule has 0 amide bonds. The largest absolute Gasteiger partial charge is 0.489 e. The number of aromatic carboxylic acids is 1. The molecule has 0 spiro atoms. The molecule has 0 radical (unpaired) electrons. The van der Waals surface area contributed by atoms with Gasteiger partial charge in [-0.15, -0.1) is 0 Å². The van der Waals surface area contributed by atoms with E-state index < -0.39 is 27.7 Å². The maximum atomic E-state index is 11.2. The lowest BCUT2D eigenvalue weighted by Crippen LogP contribution is -2.38. The Labute approximate surface area is 116 Å². The highest BCUT2D eigenvalue weighted by molar-refractivity contribution is 5.95. The molecule has 0 heterocycles. The number of benzene rings is 1. The van der Waals surface area contributed by atoms with E-state index in [0.29, 0.717) is 0 Å². The lowest BCUT2D eigenvalue weighted by molar-refractivity contribution is -0.385. The van der Waals surface area contributed by atoms with Crippen LogP contribution in [0.4, 0.5) is 5.69 Å². The molecular weight excluding hydrogens is 266 g/mol. The van der Waals surface area contributed by atoms with Crippen molar-refractivity contribution >= 4 is 11.7 Å². The first kappa shape index (κ1) is 15.9. The van der Waals surface area contributed by atoms with Gasteiger partial charge in [0.2, 0.25) is 0 Å². The maximum absolute atomic E-state index is 11.2. The highest BCUT2D eigenvalue weighted by Crippen LogP contribution is 2.29. The summed E-state index contributed by atoms with van der Waals surface area (Å²) in [7, 11) is 0. The smallest absolute Gasteiger partial charge is 0.346 e. The van der Waals surface area contributed by atoms with E-state index in [1.165, 1.54) is 12.1 Å². The van der Waals surface area contributed by atoms with Crippen molar-refractivity contribution in [3.63, 3.8) is 0 Å². The summed E-state index contributed by atoms with van der Waals surface area (Å²) in [6, 6.07) is 3.76. The van der Waals surface area contributed by atoms with Gasteiger partial charge >= 0.3 is 5.97 Å². The number of ether oxygens (including phenoxy) is 1. The number of hydrogen-bond donors (Lipinski definition) is 2. The quantitative estimate of drug-likeness (QED) is 0.611. The molecule has 0 saturated heterocycles. The van der Waals surface area contributed by atoms with Gasteiger partial charge in [0.1, 0.15) is 12.4 Å². The van der Waals surface area contributed by atoms with Crippen molar-refractivity contribution in [1.82, 2.24) is 0 Å². The molecule has 1 atom stereocenters. The van der Waals surface area contributed by atoms with Crippen molar-refractivity contribution in [1.29, 1.82) is 0 Å². The number of hydrogen-bond acceptors (Lipinski definition) is 5. The lowest BCUT2D eigenvalue weighted by atomic mass is 9.94. The van der Waals surface area contributed by atoms with Crippen LogP contribution in [0.15, 0.2) is 18.2 Å². The van der Waals surface area contributed by atoms with Gasteiger partial charge in [-0.3, -0.25) is 10.1 Å². The van der Waals surface area contributed by atoms with E-state index in [4.69, 9.17) is 9.84 Å². The molecule has 7 nitrogen and oxygen atoms in total. The zero-order valence-corrected chi connectivity index (χ0v) is 11.5. The van der Waals surface area contributed by atoms with Crippen LogP contribution in [0.25, 0.3) is 0 Å². The Morgan fingerprint density at radius 3 is 2.55 bits per heavy atom. The predicted octanol–water partition coefficient (Wildman–Crippen LogP) is 2.08. The topological polar surface area (TPSA) is 110 Å². The molecule has 0 bridgehead atoms. The number of nitro benzene ring substituents is 1. The fourth-order valence-corrected chi connectivity index (χ4v) is 1.40. The highest BCUT2D eigenvalue weighted by atomic mass is 16.6. The summed E-state index contributed by atoms with van der Waals surface area (Å²) in [5, 5.41) is 30.0. The van der Waals surface area contributed by atoms with Gasteiger partial charge in [0.25, 0.3) is 5.69 Å². The third-order valence-electron chi connectivity index (χ3n) is 3.18. The first-order chi connectivity index (χ1) is 9.16. The van der Waals surface area contributed by atoms with E-state index in [-0.39, 0.29) is 18.3 Å². The van der Waals surface area contributed by atoms with Gasteiger partial charge in [-0.2, -0.15) is 0 Å². The Morgan fingerprint density at radius 2 is 2.10 bits per heavy atom. The molecule has 1 unspecified atom stereocenters. The molecule has 0 aliphatic heterocycles. The van der Waals surface area contributed by atoms with E-state index in [1.54, 1.807) is 20.8 Å². The molecular formula is C13H17NO6. The van der Waals surface area contributed by atoms with E-state index >= 15 is 0 Å². The molecule has 1 aromatic rings. The SMILES string of the molecule is CC(C)C(C)(O)COc1cccc([N+](=O)[O-])c1C(=O)O. The number of aliphatic hydroxyl groups is 1. The molecule has 2 N–H and O–H groups in total. The maximum Gasteiger partial charge on any atom is 0.346 e. The van der Waals surface area contributed by atoms with Gasteiger partial charge in [0.15, 0.2) is 5.56 Å². The molecule has 7 heteroatoms. The molecule has 0 fully saturated rings. The van der Waals surface area contributed by atoms with Crippen molar-refractivity contribution in [2.24, 2.45) is 5.92 Å². The van der Waals surface area contributed by atoms with E-state index in [1.807, 2.05) is 0 Å². The minimum atomic E-state index is -1.45. The average molecular weight is 283 g/mol. The van der Waals surface area contributed by atoms with Gasteiger partial charge in [-0.05, 0) is 18.9 Å². The van der Waals surface area contributed by atoms with Crippen LogP contribution in [0, 0.1) is 16.0 Å². The van der Waals surface area contributed by atoms with Crippen molar-refractivity contribution in [2.75, 3.05) is 6.61 Å². The molecule has 0 aliphatic carbocycles. The average Bonchev–Trinajstić information content (AvgIpc) is 2.35. The van der Waals surface area contributed by atoms with Crippen LogP contribution in [0.2, 0.25) is 0 Å². The Kier molecular flexibility index (Phi) is 4.67. The highest BCUT2D eigenvalue weighted by Gasteiger charge is 2.29. The zero-order chi connectivity index (χ0) is 15.5. The van der Waals surface area contributed by atoms with Crippen LogP contribution >= 0.6 is 0 Å². The fraction of sp³-hybridized carbons (Fsp3) is 0.462. The zero-order valence-electron chi connectivity index (χ0n) is 11.5. The summed E-state index contributed by atoms with van der Waals surface area (Å²) < 4.78 is 5.28. The summed E-state index contributed by atoms with van der Waals surface area (Å²) in [5.74, 6) is -1.70. The second kappa shape index (κ2) is 5.87. The normalized spacial score (nSPS) is 13.8. The predicted molar refractivity (Wildman–Crippen MR) is 71.0 cm³/mol. The van der Waals surface area contributed by atoms with Gasteiger partial charge in [0.05, 0.1) is 10.5 Å². The number of nitrogens with zero attached hydrogens (tertiary/aromatic N) is 1. The molecule has 0 aromatic heterocycles. The monoisotopic (exact) mass is 283 g/mol. The number of carboxylic acids is 1. The summed E-state index contributed by atoms with van der Waals surface area (Å²) in [5.41, 5.74) is -2.23. The van der Waals surface area contributed by atoms with E-state index in [2.05, 4.69) is 0 Å². The van der Waals surface area contributed by atoms with Crippen LogP contribution in [0.3, 0.4) is 0 Å².